The van der Waals surface area contributed by atoms with E-state index < -0.39 is 5.97 Å². The van der Waals surface area contributed by atoms with Crippen LogP contribution in [0.4, 0.5) is 0 Å². The normalized spacial score (nSPS) is 10.5. The molecule has 0 saturated carbocycles. The SMILES string of the molecule is CCC(CC)c1ccc(C(=O)OC)c(O)c1. The fourth-order valence-electron chi connectivity index (χ4n) is 1.85. The summed E-state index contributed by atoms with van der Waals surface area (Å²) in [4.78, 5) is 11.3. The van der Waals surface area contributed by atoms with Gasteiger partial charge in [0.15, 0.2) is 0 Å². The van der Waals surface area contributed by atoms with E-state index in [-0.39, 0.29) is 11.3 Å². The highest BCUT2D eigenvalue weighted by Gasteiger charge is 2.14. The second-order valence-corrected chi connectivity index (χ2v) is 3.78. The molecule has 1 aromatic carbocycles. The Morgan fingerprint density at radius 2 is 2.00 bits per heavy atom. The number of esters is 1. The molecular formula is C13H18O3. The lowest BCUT2D eigenvalue weighted by atomic mass is 9.93. The first-order valence-electron chi connectivity index (χ1n) is 5.55. The van der Waals surface area contributed by atoms with E-state index in [9.17, 15) is 9.90 Å². The first-order valence-corrected chi connectivity index (χ1v) is 5.55. The smallest absolute Gasteiger partial charge is 0.341 e. The maximum Gasteiger partial charge on any atom is 0.341 e. The minimum atomic E-state index is -0.506. The number of methoxy groups -OCH3 is 1. The maximum atomic E-state index is 11.3. The third-order valence-electron chi connectivity index (χ3n) is 2.88. The number of aromatic hydroxyl groups is 1. The molecule has 0 aromatic heterocycles. The van der Waals surface area contributed by atoms with E-state index >= 15 is 0 Å². The lowest BCUT2D eigenvalue weighted by Gasteiger charge is -2.13. The predicted molar refractivity (Wildman–Crippen MR) is 62.8 cm³/mol. The van der Waals surface area contributed by atoms with Gasteiger partial charge in [-0.1, -0.05) is 19.9 Å². The van der Waals surface area contributed by atoms with Crippen LogP contribution in [0.15, 0.2) is 18.2 Å². The fraction of sp³-hybridized carbons (Fsp3) is 0.462. The zero-order chi connectivity index (χ0) is 12.1. The number of phenols is 1. The second kappa shape index (κ2) is 5.54. The molecule has 0 aliphatic carbocycles. The summed E-state index contributed by atoms with van der Waals surface area (Å²) >= 11 is 0. The van der Waals surface area contributed by atoms with E-state index in [1.807, 2.05) is 6.07 Å². The van der Waals surface area contributed by atoms with Crippen molar-refractivity contribution in [3.8, 4) is 5.75 Å². The van der Waals surface area contributed by atoms with Gasteiger partial charge in [-0.15, -0.1) is 0 Å². The number of carbonyl (C=O) groups is 1. The molecule has 16 heavy (non-hydrogen) atoms. The zero-order valence-corrected chi connectivity index (χ0v) is 9.99. The molecule has 0 unspecified atom stereocenters. The molecule has 0 amide bonds. The van der Waals surface area contributed by atoms with E-state index in [1.165, 1.54) is 7.11 Å². The molecule has 0 atom stereocenters. The third-order valence-corrected chi connectivity index (χ3v) is 2.88. The van der Waals surface area contributed by atoms with Crippen LogP contribution in [0.5, 0.6) is 5.75 Å². The van der Waals surface area contributed by atoms with Crippen molar-refractivity contribution in [2.75, 3.05) is 7.11 Å². The van der Waals surface area contributed by atoms with E-state index in [0.29, 0.717) is 5.92 Å². The largest absolute Gasteiger partial charge is 0.507 e. The number of hydrogen-bond acceptors (Lipinski definition) is 3. The van der Waals surface area contributed by atoms with Crippen molar-refractivity contribution in [3.63, 3.8) is 0 Å². The second-order valence-electron chi connectivity index (χ2n) is 3.78. The van der Waals surface area contributed by atoms with Crippen LogP contribution in [-0.2, 0) is 4.74 Å². The summed E-state index contributed by atoms with van der Waals surface area (Å²) in [5, 5.41) is 9.73. The molecule has 0 saturated heterocycles. The van der Waals surface area contributed by atoms with E-state index in [4.69, 9.17) is 0 Å². The Morgan fingerprint density at radius 3 is 2.44 bits per heavy atom. The van der Waals surface area contributed by atoms with Crippen molar-refractivity contribution >= 4 is 5.97 Å². The van der Waals surface area contributed by atoms with Crippen molar-refractivity contribution in [2.24, 2.45) is 0 Å². The van der Waals surface area contributed by atoms with Gasteiger partial charge >= 0.3 is 5.97 Å². The Kier molecular flexibility index (Phi) is 4.35. The molecule has 0 aliphatic heterocycles. The zero-order valence-electron chi connectivity index (χ0n) is 9.99. The van der Waals surface area contributed by atoms with Gasteiger partial charge in [-0.3, -0.25) is 0 Å². The van der Waals surface area contributed by atoms with E-state index in [1.54, 1.807) is 12.1 Å². The summed E-state index contributed by atoms with van der Waals surface area (Å²) in [5.41, 5.74) is 1.28. The minimum Gasteiger partial charge on any atom is -0.507 e. The van der Waals surface area contributed by atoms with Gasteiger partial charge in [0, 0.05) is 0 Å². The van der Waals surface area contributed by atoms with Crippen LogP contribution in [0.1, 0.15) is 48.5 Å². The van der Waals surface area contributed by atoms with Crippen LogP contribution in [-0.4, -0.2) is 18.2 Å². The van der Waals surface area contributed by atoms with Gasteiger partial charge in [0.25, 0.3) is 0 Å². The van der Waals surface area contributed by atoms with E-state index in [0.717, 1.165) is 18.4 Å². The third kappa shape index (κ3) is 2.54. The molecule has 0 heterocycles. The molecular weight excluding hydrogens is 204 g/mol. The maximum absolute atomic E-state index is 11.3. The minimum absolute atomic E-state index is 0.00347. The number of carbonyl (C=O) groups excluding carboxylic acids is 1. The summed E-state index contributed by atoms with van der Waals surface area (Å²) in [6.07, 6.45) is 2.04. The van der Waals surface area contributed by atoms with Crippen LogP contribution in [0.2, 0.25) is 0 Å². The Labute approximate surface area is 96.1 Å². The number of benzene rings is 1. The van der Waals surface area contributed by atoms with Crippen molar-refractivity contribution in [1.29, 1.82) is 0 Å². The Morgan fingerprint density at radius 1 is 1.38 bits per heavy atom. The number of phenolic OH excluding ortho intramolecular Hbond substituents is 1. The van der Waals surface area contributed by atoms with Crippen LogP contribution in [0.25, 0.3) is 0 Å². The standard InChI is InChI=1S/C13H18O3/c1-4-9(5-2)10-6-7-11(12(14)8-10)13(15)16-3/h6-9,14H,4-5H2,1-3H3. The number of rotatable bonds is 4. The molecule has 0 spiro atoms. The van der Waals surface area contributed by atoms with Crippen molar-refractivity contribution in [1.82, 2.24) is 0 Å². The Bertz CT molecular complexity index is 367. The van der Waals surface area contributed by atoms with Crippen molar-refractivity contribution in [2.45, 2.75) is 32.6 Å². The van der Waals surface area contributed by atoms with Gasteiger partial charge in [-0.2, -0.15) is 0 Å². The number of ether oxygens (including phenoxy) is 1. The molecule has 0 bridgehead atoms. The van der Waals surface area contributed by atoms with Crippen LogP contribution >= 0.6 is 0 Å². The molecule has 1 N–H and O–H groups in total. The van der Waals surface area contributed by atoms with Crippen LogP contribution in [0.3, 0.4) is 0 Å². The lowest BCUT2D eigenvalue weighted by molar-refractivity contribution is 0.0597. The molecule has 1 aromatic rings. The Balaban J connectivity index is 3.03. The van der Waals surface area contributed by atoms with Gasteiger partial charge in [-0.25, -0.2) is 4.79 Å². The van der Waals surface area contributed by atoms with Crippen LogP contribution in [0, 0.1) is 0 Å². The van der Waals surface area contributed by atoms with E-state index in [2.05, 4.69) is 18.6 Å². The van der Waals surface area contributed by atoms with Gasteiger partial charge in [0.2, 0.25) is 0 Å². The quantitative estimate of drug-likeness (QED) is 0.796. The lowest BCUT2D eigenvalue weighted by Crippen LogP contribution is -2.03. The monoisotopic (exact) mass is 222 g/mol. The summed E-state index contributed by atoms with van der Waals surface area (Å²) < 4.78 is 4.57. The first kappa shape index (κ1) is 12.6. The summed E-state index contributed by atoms with van der Waals surface area (Å²) in [6, 6.07) is 5.16. The molecule has 88 valence electrons. The molecule has 0 fully saturated rings. The predicted octanol–water partition coefficient (Wildman–Crippen LogP) is 3.08. The van der Waals surface area contributed by atoms with Crippen molar-refractivity contribution in [3.05, 3.63) is 29.3 Å². The van der Waals surface area contributed by atoms with Crippen molar-refractivity contribution < 1.29 is 14.6 Å². The first-order chi connectivity index (χ1) is 7.63. The topological polar surface area (TPSA) is 46.5 Å². The van der Waals surface area contributed by atoms with Crippen LogP contribution < -0.4 is 0 Å². The fourth-order valence-corrected chi connectivity index (χ4v) is 1.85. The highest BCUT2D eigenvalue weighted by Crippen LogP contribution is 2.28. The highest BCUT2D eigenvalue weighted by atomic mass is 16.5. The average Bonchev–Trinajstić information content (AvgIpc) is 2.30. The molecule has 3 nitrogen and oxygen atoms in total. The summed E-state index contributed by atoms with van der Waals surface area (Å²) in [6.45, 7) is 4.22. The molecule has 1 rings (SSSR count). The molecule has 3 heteroatoms. The average molecular weight is 222 g/mol. The summed E-state index contributed by atoms with van der Waals surface area (Å²) in [5.74, 6) is -0.0811. The molecule has 0 radical (unpaired) electrons. The van der Waals surface area contributed by atoms with Gasteiger partial charge in [-0.05, 0) is 36.5 Å². The van der Waals surface area contributed by atoms with Gasteiger partial charge in [0.1, 0.15) is 11.3 Å². The molecule has 0 aliphatic rings. The van der Waals surface area contributed by atoms with Gasteiger partial charge < -0.3 is 9.84 Å². The summed E-state index contributed by atoms with van der Waals surface area (Å²) in [7, 11) is 1.30. The number of hydrogen-bond donors (Lipinski definition) is 1. The Hall–Kier alpha value is -1.51. The van der Waals surface area contributed by atoms with Gasteiger partial charge in [0.05, 0.1) is 7.11 Å². The highest BCUT2D eigenvalue weighted by molar-refractivity contribution is 5.92.